The lowest BCUT2D eigenvalue weighted by molar-refractivity contribution is -0.146. The number of nitrogens with one attached hydrogen (secondary N) is 2. The van der Waals surface area contributed by atoms with Crippen molar-refractivity contribution in [2.45, 2.75) is 140 Å². The predicted octanol–water partition coefficient (Wildman–Crippen LogP) is 7.22. The van der Waals surface area contributed by atoms with E-state index in [1.54, 1.807) is 33.8 Å². The number of aromatic nitrogens is 1. The largest absolute Gasteiger partial charge is 0.494 e. The van der Waals surface area contributed by atoms with E-state index in [2.05, 4.69) is 10.0 Å². The first kappa shape index (κ1) is 47.5. The number of carboxylic acid groups (broad SMARTS) is 1. The fourth-order valence-electron chi connectivity index (χ4n) is 9.32. The van der Waals surface area contributed by atoms with Crippen molar-refractivity contribution >= 4 is 44.6 Å². The summed E-state index contributed by atoms with van der Waals surface area (Å²) in [6, 6.07) is 9.31. The summed E-state index contributed by atoms with van der Waals surface area (Å²) in [6.07, 6.45) is 4.05. The Balaban J connectivity index is 1.30. The topological polar surface area (TPSA) is 194 Å². The molecule has 4 amide bonds. The molecule has 4 aliphatic rings. The van der Waals surface area contributed by atoms with Crippen molar-refractivity contribution in [3.63, 3.8) is 0 Å². The second kappa shape index (κ2) is 17.7. The molecule has 17 heteroatoms. The molecule has 2 aliphatic heterocycles. The van der Waals surface area contributed by atoms with Crippen molar-refractivity contribution in [3.8, 4) is 28.6 Å². The Bertz CT molecular complexity index is 2490. The lowest BCUT2D eigenvalue weighted by Crippen LogP contribution is -2.62. The molecular weight excluding hydrogens is 858 g/mol. The third-order valence-corrected chi connectivity index (χ3v) is 15.4. The number of amides is 4. The summed E-state index contributed by atoms with van der Waals surface area (Å²) in [6.45, 7) is 14.2. The number of allylic oxidation sites excluding steroid dienone is 1. The molecule has 0 radical (unpaired) electrons. The van der Waals surface area contributed by atoms with Crippen LogP contribution in [0.3, 0.4) is 0 Å². The zero-order chi connectivity index (χ0) is 47.4. The Labute approximate surface area is 380 Å². The Morgan fingerprint density at radius 3 is 2.38 bits per heavy atom. The molecule has 65 heavy (non-hydrogen) atoms. The second-order valence-electron chi connectivity index (χ2n) is 19.9. The van der Waals surface area contributed by atoms with Gasteiger partial charge in [-0.1, -0.05) is 26.0 Å². The number of nitrogens with zero attached hydrogens (tertiary/aromatic N) is 3. The van der Waals surface area contributed by atoms with Crippen molar-refractivity contribution in [2.24, 2.45) is 17.8 Å². The SMILES string of the molecule is COc1cc2cc(-c3ccc(OC(C)C)cc3)nc(O[C@@H]3C[C@H]4C(=O)N[C@]5(C(=O)NS(=O)(=O)C6(C)CC6)C[C@H]5/C=C\CC[C@@H](C)C[C@@H](C)[C@H](N(C(=O)O)C(C)(C)C)C(=O)N4C3)c2cc1F. The van der Waals surface area contributed by atoms with Crippen LogP contribution in [-0.2, 0) is 24.4 Å². The van der Waals surface area contributed by atoms with Gasteiger partial charge in [-0.15, -0.1) is 0 Å². The number of sulfonamides is 1. The summed E-state index contributed by atoms with van der Waals surface area (Å²) in [5, 5.41) is 14.4. The van der Waals surface area contributed by atoms with Crippen molar-refractivity contribution < 1.29 is 51.3 Å². The summed E-state index contributed by atoms with van der Waals surface area (Å²) in [7, 11) is -2.72. The first-order chi connectivity index (χ1) is 30.5. The summed E-state index contributed by atoms with van der Waals surface area (Å²) in [5.41, 5.74) is -1.50. The smallest absolute Gasteiger partial charge is 0.408 e. The van der Waals surface area contributed by atoms with Crippen molar-refractivity contribution in [3.05, 3.63) is 60.4 Å². The normalized spacial score (nSPS) is 27.3. The zero-order valence-corrected chi connectivity index (χ0v) is 39.5. The van der Waals surface area contributed by atoms with Crippen LogP contribution in [0.1, 0.15) is 100 Å². The van der Waals surface area contributed by atoms with Gasteiger partial charge in [-0.3, -0.25) is 24.0 Å². The Morgan fingerprint density at radius 2 is 1.77 bits per heavy atom. The minimum Gasteiger partial charge on any atom is -0.494 e. The van der Waals surface area contributed by atoms with Gasteiger partial charge in [0, 0.05) is 28.8 Å². The number of carbonyl (C=O) groups excluding carboxylic acids is 3. The molecular formula is C48H62FN5O10S. The van der Waals surface area contributed by atoms with Gasteiger partial charge in [0.1, 0.15) is 29.5 Å². The van der Waals surface area contributed by atoms with E-state index in [1.165, 1.54) is 24.1 Å². The summed E-state index contributed by atoms with van der Waals surface area (Å²) >= 11 is 0. The molecule has 2 aliphatic carbocycles. The summed E-state index contributed by atoms with van der Waals surface area (Å²) in [5.74, 6) is -3.19. The Morgan fingerprint density at radius 1 is 1.08 bits per heavy atom. The van der Waals surface area contributed by atoms with Gasteiger partial charge in [-0.2, -0.15) is 0 Å². The van der Waals surface area contributed by atoms with Crippen LogP contribution in [0, 0.1) is 23.6 Å². The number of hydrogen-bond acceptors (Lipinski definition) is 10. The molecule has 0 spiro atoms. The molecule has 0 bridgehead atoms. The van der Waals surface area contributed by atoms with Crippen molar-refractivity contribution in [1.82, 2.24) is 24.8 Å². The van der Waals surface area contributed by atoms with E-state index in [1.807, 2.05) is 64.1 Å². The molecule has 352 valence electrons. The quantitative estimate of drug-likeness (QED) is 0.174. The van der Waals surface area contributed by atoms with Crippen LogP contribution >= 0.6 is 0 Å². The van der Waals surface area contributed by atoms with Crippen LogP contribution in [0.4, 0.5) is 9.18 Å². The van der Waals surface area contributed by atoms with Gasteiger partial charge in [0.25, 0.3) is 5.91 Å². The van der Waals surface area contributed by atoms with Crippen LogP contribution < -0.4 is 24.2 Å². The molecule has 3 fully saturated rings. The fraction of sp³-hybridized carbons (Fsp3) is 0.562. The second-order valence-corrected chi connectivity index (χ2v) is 22.1. The molecule has 2 saturated carbocycles. The third-order valence-electron chi connectivity index (χ3n) is 13.3. The van der Waals surface area contributed by atoms with E-state index < -0.39 is 85.5 Å². The van der Waals surface area contributed by atoms with Crippen molar-refractivity contribution in [2.75, 3.05) is 13.7 Å². The van der Waals surface area contributed by atoms with E-state index >= 15 is 9.18 Å². The molecule has 3 aromatic rings. The highest BCUT2D eigenvalue weighted by Crippen LogP contribution is 2.48. The Kier molecular flexibility index (Phi) is 13.0. The highest BCUT2D eigenvalue weighted by atomic mass is 32.2. The Hall–Kier alpha value is -5.45. The average Bonchev–Trinajstić information content (AvgIpc) is 4.10. The fourth-order valence-corrected chi connectivity index (χ4v) is 10.6. The van der Waals surface area contributed by atoms with Gasteiger partial charge in [0.2, 0.25) is 27.7 Å². The van der Waals surface area contributed by atoms with Crippen LogP contribution in [0.5, 0.6) is 17.4 Å². The van der Waals surface area contributed by atoms with Crippen LogP contribution in [0.2, 0.25) is 0 Å². The molecule has 7 atom stereocenters. The third kappa shape index (κ3) is 9.75. The molecule has 1 saturated heterocycles. The molecule has 7 rings (SSSR count). The lowest BCUT2D eigenvalue weighted by Gasteiger charge is -2.43. The molecule has 3 heterocycles. The predicted molar refractivity (Wildman–Crippen MR) is 242 cm³/mol. The molecule has 15 nitrogen and oxygen atoms in total. The maximum atomic E-state index is 15.4. The highest BCUT2D eigenvalue weighted by Gasteiger charge is 2.63. The molecule has 3 N–H and O–H groups in total. The zero-order valence-electron chi connectivity index (χ0n) is 38.6. The number of methoxy groups -OCH3 is 1. The number of rotatable bonds is 10. The number of carbonyl (C=O) groups is 4. The van der Waals surface area contributed by atoms with Gasteiger partial charge in [0.15, 0.2) is 11.6 Å². The minimum absolute atomic E-state index is 0.00291. The first-order valence-corrected chi connectivity index (χ1v) is 24.0. The van der Waals surface area contributed by atoms with E-state index in [4.69, 9.17) is 19.2 Å². The van der Waals surface area contributed by atoms with Gasteiger partial charge in [0.05, 0.1) is 30.2 Å². The standard InChI is InChI=1S/C48H62FN5O10S/c1-27(2)63-33-16-14-30(15-17-33)37-21-31-22-39(62-9)36(49)24-35(31)42(50-37)64-34-23-38-41(55)51-48(44(57)52-65(60,61)47(8)18-19-47)25-32(48)13-11-10-12-28(3)20-29(4)40(43(56)53(38)26-34)54(45(58)59)46(5,6)7/h11,13-17,21-22,24,27-29,32,34,38,40H,10,12,18-20,23,25-26H2,1-9H3,(H,51,55)(H,52,57)(H,58,59)/b13-11-/t28-,29-,32-,34-,38+,40+,48-/m1/s1. The van der Waals surface area contributed by atoms with E-state index in [9.17, 15) is 27.9 Å². The number of pyridine rings is 1. The number of halogens is 1. The van der Waals surface area contributed by atoms with Crippen LogP contribution in [0.15, 0.2) is 54.6 Å². The maximum absolute atomic E-state index is 15.4. The molecule has 1 aromatic heterocycles. The minimum atomic E-state index is -4.08. The average molecular weight is 920 g/mol. The van der Waals surface area contributed by atoms with Gasteiger partial charge >= 0.3 is 6.09 Å². The number of hydrogen-bond donors (Lipinski definition) is 3. The summed E-state index contributed by atoms with van der Waals surface area (Å²) in [4.78, 5) is 64.8. The van der Waals surface area contributed by atoms with E-state index in [0.29, 0.717) is 59.9 Å². The van der Waals surface area contributed by atoms with E-state index in [-0.39, 0.29) is 43.0 Å². The van der Waals surface area contributed by atoms with Crippen molar-refractivity contribution in [1.29, 1.82) is 0 Å². The maximum Gasteiger partial charge on any atom is 0.408 e. The number of ether oxygens (including phenoxy) is 3. The molecule has 0 unspecified atom stereocenters. The monoisotopic (exact) mass is 919 g/mol. The van der Waals surface area contributed by atoms with Gasteiger partial charge in [-0.05, 0) is 140 Å². The lowest BCUT2D eigenvalue weighted by atomic mass is 9.85. The molecule has 2 aromatic carbocycles. The summed E-state index contributed by atoms with van der Waals surface area (Å²) < 4.78 is 61.1. The van der Waals surface area contributed by atoms with E-state index in [0.717, 1.165) is 4.90 Å². The van der Waals surface area contributed by atoms with Crippen LogP contribution in [-0.4, -0.2) is 106 Å². The highest BCUT2D eigenvalue weighted by molar-refractivity contribution is 7.91. The van der Waals surface area contributed by atoms with Gasteiger partial charge in [-0.25, -0.2) is 22.6 Å². The van der Waals surface area contributed by atoms with Crippen LogP contribution in [0.25, 0.3) is 22.0 Å². The van der Waals surface area contributed by atoms with Gasteiger partial charge < -0.3 is 29.5 Å². The number of fused-ring (bicyclic) bond motifs is 3. The first-order valence-electron chi connectivity index (χ1n) is 22.5. The number of benzene rings is 2.